The van der Waals surface area contributed by atoms with Crippen molar-refractivity contribution in [3.63, 3.8) is 0 Å². The highest BCUT2D eigenvalue weighted by Gasteiger charge is 2.19. The van der Waals surface area contributed by atoms with Crippen LogP contribution in [0.4, 0.5) is 5.69 Å². The number of hydrogen-bond donors (Lipinski definition) is 1. The molecule has 5 heteroatoms. The van der Waals surface area contributed by atoms with Crippen LogP contribution >= 0.6 is 11.8 Å². The highest BCUT2D eigenvalue weighted by atomic mass is 32.2. The van der Waals surface area contributed by atoms with E-state index in [9.17, 15) is 9.59 Å². The number of hydrogen-bond acceptors (Lipinski definition) is 3. The van der Waals surface area contributed by atoms with E-state index in [2.05, 4.69) is 5.32 Å². The van der Waals surface area contributed by atoms with Crippen LogP contribution in [0, 0.1) is 6.92 Å². The Balaban J connectivity index is 2.42. The molecule has 1 atom stereocenters. The van der Waals surface area contributed by atoms with Crippen LogP contribution in [0.3, 0.4) is 0 Å². The van der Waals surface area contributed by atoms with Crippen LogP contribution < -0.4 is 5.32 Å². The van der Waals surface area contributed by atoms with E-state index in [4.69, 9.17) is 0 Å². The van der Waals surface area contributed by atoms with Crippen LogP contribution in [0.15, 0.2) is 24.3 Å². The van der Waals surface area contributed by atoms with Crippen LogP contribution in [0.25, 0.3) is 0 Å². The van der Waals surface area contributed by atoms with Crippen molar-refractivity contribution in [3.8, 4) is 0 Å². The number of carbonyl (C=O) groups is 2. The lowest BCUT2D eigenvalue weighted by Crippen LogP contribution is -2.36. The molecule has 1 rings (SSSR count). The van der Waals surface area contributed by atoms with E-state index in [1.54, 1.807) is 4.90 Å². The Kier molecular flexibility index (Phi) is 7.29. The minimum atomic E-state index is -0.200. The van der Waals surface area contributed by atoms with Gasteiger partial charge in [-0.2, -0.15) is 0 Å². The van der Waals surface area contributed by atoms with E-state index in [1.165, 1.54) is 11.8 Å². The van der Waals surface area contributed by atoms with Crippen LogP contribution in [-0.4, -0.2) is 40.8 Å². The van der Waals surface area contributed by atoms with Crippen LogP contribution in [0.1, 0.15) is 26.3 Å². The molecule has 0 saturated carbocycles. The largest absolute Gasteiger partial charge is 0.342 e. The first kappa shape index (κ1) is 17.6. The van der Waals surface area contributed by atoms with Gasteiger partial charge < -0.3 is 10.2 Å². The summed E-state index contributed by atoms with van der Waals surface area (Å²) in [6, 6.07) is 7.66. The molecule has 0 aliphatic heterocycles. The lowest BCUT2D eigenvalue weighted by Gasteiger charge is -2.22. The van der Waals surface area contributed by atoms with Crippen molar-refractivity contribution in [2.45, 2.75) is 32.9 Å². The fourth-order valence-corrected chi connectivity index (χ4v) is 2.66. The predicted octanol–water partition coefficient (Wildman–Crippen LogP) is 2.92. The van der Waals surface area contributed by atoms with E-state index >= 15 is 0 Å². The van der Waals surface area contributed by atoms with E-state index in [-0.39, 0.29) is 22.8 Å². The predicted molar refractivity (Wildman–Crippen MR) is 89.7 cm³/mol. The molecule has 21 heavy (non-hydrogen) atoms. The van der Waals surface area contributed by atoms with Crippen molar-refractivity contribution in [3.05, 3.63) is 29.8 Å². The molecule has 1 N–H and O–H groups in total. The lowest BCUT2D eigenvalue weighted by molar-refractivity contribution is -0.129. The fraction of sp³-hybridized carbons (Fsp3) is 0.500. The molecule has 0 fully saturated rings. The lowest BCUT2D eigenvalue weighted by atomic mass is 10.2. The SMILES string of the molecule is CCN(CC)C(=O)C(C)SCC(=O)Nc1ccc(C)cc1. The number of benzene rings is 1. The Morgan fingerprint density at radius 2 is 1.76 bits per heavy atom. The third-order valence-corrected chi connectivity index (χ3v) is 4.35. The van der Waals surface area contributed by atoms with Gasteiger partial charge in [-0.15, -0.1) is 11.8 Å². The summed E-state index contributed by atoms with van der Waals surface area (Å²) in [4.78, 5) is 25.8. The summed E-state index contributed by atoms with van der Waals surface area (Å²) in [5.41, 5.74) is 1.94. The van der Waals surface area contributed by atoms with Gasteiger partial charge in [0.2, 0.25) is 11.8 Å². The summed E-state index contributed by atoms with van der Waals surface area (Å²) in [7, 11) is 0. The summed E-state index contributed by atoms with van der Waals surface area (Å²) in [5.74, 6) is 0.290. The number of amides is 2. The standard InChI is InChI=1S/C16H24N2O2S/c1-5-18(6-2)16(20)13(4)21-11-15(19)17-14-9-7-12(3)8-10-14/h7-10,13H,5-6,11H2,1-4H3,(H,17,19). The molecule has 1 aromatic rings. The number of nitrogens with zero attached hydrogens (tertiary/aromatic N) is 1. The number of carbonyl (C=O) groups excluding carboxylic acids is 2. The molecule has 0 aliphatic carbocycles. The highest BCUT2D eigenvalue weighted by molar-refractivity contribution is 8.01. The summed E-state index contributed by atoms with van der Waals surface area (Å²) in [5, 5.41) is 2.64. The molecule has 1 unspecified atom stereocenters. The second-order valence-electron chi connectivity index (χ2n) is 4.88. The van der Waals surface area contributed by atoms with Crippen molar-refractivity contribution >= 4 is 29.3 Å². The van der Waals surface area contributed by atoms with Gasteiger partial charge in [-0.25, -0.2) is 0 Å². The van der Waals surface area contributed by atoms with Gasteiger partial charge in [-0.3, -0.25) is 9.59 Å². The van der Waals surface area contributed by atoms with Gasteiger partial charge in [0.15, 0.2) is 0 Å². The van der Waals surface area contributed by atoms with Crippen LogP contribution in [-0.2, 0) is 9.59 Å². The summed E-state index contributed by atoms with van der Waals surface area (Å²) < 4.78 is 0. The average Bonchev–Trinajstić information content (AvgIpc) is 2.48. The maximum Gasteiger partial charge on any atom is 0.235 e. The molecule has 0 aromatic heterocycles. The molecular weight excluding hydrogens is 284 g/mol. The van der Waals surface area contributed by atoms with E-state index in [0.717, 1.165) is 11.3 Å². The zero-order chi connectivity index (χ0) is 15.8. The second kappa shape index (κ2) is 8.72. The zero-order valence-corrected chi connectivity index (χ0v) is 14.0. The average molecular weight is 308 g/mol. The molecule has 4 nitrogen and oxygen atoms in total. The first-order chi connectivity index (χ1) is 9.97. The van der Waals surface area contributed by atoms with Gasteiger partial charge in [0.25, 0.3) is 0 Å². The van der Waals surface area contributed by atoms with Gasteiger partial charge in [-0.1, -0.05) is 17.7 Å². The minimum absolute atomic E-state index is 0.0805. The van der Waals surface area contributed by atoms with Crippen LogP contribution in [0.2, 0.25) is 0 Å². The highest BCUT2D eigenvalue weighted by Crippen LogP contribution is 2.15. The Morgan fingerprint density at radius 1 is 1.19 bits per heavy atom. The maximum atomic E-state index is 12.1. The Hall–Kier alpha value is -1.49. The first-order valence-electron chi connectivity index (χ1n) is 7.24. The van der Waals surface area contributed by atoms with Gasteiger partial charge in [0.1, 0.15) is 0 Å². The number of thioether (sulfide) groups is 1. The third kappa shape index (κ3) is 5.79. The minimum Gasteiger partial charge on any atom is -0.342 e. The summed E-state index contributed by atoms with van der Waals surface area (Å²) in [6.07, 6.45) is 0. The fourth-order valence-electron chi connectivity index (χ4n) is 1.90. The number of aryl methyl sites for hydroxylation is 1. The molecular formula is C16H24N2O2S. The van der Waals surface area contributed by atoms with Gasteiger partial charge in [0, 0.05) is 18.8 Å². The van der Waals surface area contributed by atoms with Crippen LogP contribution in [0.5, 0.6) is 0 Å². The zero-order valence-electron chi connectivity index (χ0n) is 13.2. The van der Waals surface area contributed by atoms with Crippen molar-refractivity contribution in [1.82, 2.24) is 4.90 Å². The van der Waals surface area contributed by atoms with E-state index in [0.29, 0.717) is 13.1 Å². The second-order valence-corrected chi connectivity index (χ2v) is 6.21. The molecule has 0 radical (unpaired) electrons. The molecule has 0 aliphatic rings. The molecule has 0 saturated heterocycles. The first-order valence-corrected chi connectivity index (χ1v) is 8.29. The number of rotatable bonds is 7. The molecule has 116 valence electrons. The normalized spacial score (nSPS) is 11.8. The maximum absolute atomic E-state index is 12.1. The third-order valence-electron chi connectivity index (χ3n) is 3.22. The monoisotopic (exact) mass is 308 g/mol. The molecule has 0 heterocycles. The van der Waals surface area contributed by atoms with Crippen molar-refractivity contribution in [2.75, 3.05) is 24.2 Å². The van der Waals surface area contributed by atoms with Gasteiger partial charge >= 0.3 is 0 Å². The quantitative estimate of drug-likeness (QED) is 0.842. The Labute approximate surface area is 131 Å². The Morgan fingerprint density at radius 3 is 2.29 bits per heavy atom. The van der Waals surface area contributed by atoms with E-state index in [1.807, 2.05) is 52.0 Å². The van der Waals surface area contributed by atoms with Crippen molar-refractivity contribution < 1.29 is 9.59 Å². The smallest absolute Gasteiger partial charge is 0.235 e. The Bertz CT molecular complexity index is 470. The van der Waals surface area contributed by atoms with Gasteiger partial charge in [-0.05, 0) is 39.8 Å². The summed E-state index contributed by atoms with van der Waals surface area (Å²) in [6.45, 7) is 9.18. The molecule has 0 spiro atoms. The van der Waals surface area contributed by atoms with Crippen molar-refractivity contribution in [2.24, 2.45) is 0 Å². The van der Waals surface area contributed by atoms with Gasteiger partial charge in [0.05, 0.1) is 11.0 Å². The van der Waals surface area contributed by atoms with Crippen molar-refractivity contribution in [1.29, 1.82) is 0 Å². The number of nitrogens with one attached hydrogen (secondary N) is 1. The molecule has 0 bridgehead atoms. The van der Waals surface area contributed by atoms with E-state index < -0.39 is 0 Å². The molecule has 2 amide bonds. The molecule has 1 aromatic carbocycles. The summed E-state index contributed by atoms with van der Waals surface area (Å²) >= 11 is 1.37. The number of anilines is 1. The topological polar surface area (TPSA) is 49.4 Å².